The molecule has 0 heterocycles. The molecule has 0 aliphatic carbocycles. The molecule has 0 saturated carbocycles. The molecule has 0 N–H and O–H groups in total. The molecule has 0 bridgehead atoms. The average Bonchev–Trinajstić information content (AvgIpc) is 2.59. The molecule has 4 nitrogen and oxygen atoms in total. The first-order chi connectivity index (χ1) is 10.7. The minimum absolute atomic E-state index is 0.0595. The third-order valence-corrected chi connectivity index (χ3v) is 3.13. The second kappa shape index (κ2) is 7.75. The highest BCUT2D eigenvalue weighted by molar-refractivity contribution is 5.97. The molecular formula is C18H15NO3. The molecule has 0 radical (unpaired) electrons. The normalized spacial score (nSPS) is 9.77. The molecule has 0 spiro atoms. The van der Waals surface area contributed by atoms with E-state index >= 15 is 0 Å². The van der Waals surface area contributed by atoms with Gasteiger partial charge in [0, 0.05) is 12.0 Å². The van der Waals surface area contributed by atoms with Crippen LogP contribution in [-0.2, 0) is 16.1 Å². The predicted octanol–water partition coefficient (Wildman–Crippen LogP) is 3.26. The lowest BCUT2D eigenvalue weighted by Crippen LogP contribution is -2.08. The number of hydrogen-bond acceptors (Lipinski definition) is 4. The topological polar surface area (TPSA) is 67.2 Å². The number of carbonyl (C=O) groups is 2. The van der Waals surface area contributed by atoms with Gasteiger partial charge in [-0.3, -0.25) is 9.59 Å². The molecular weight excluding hydrogens is 278 g/mol. The van der Waals surface area contributed by atoms with Gasteiger partial charge in [-0.1, -0.05) is 42.5 Å². The molecule has 0 aromatic heterocycles. The Bertz CT molecular complexity index is 685. The Hall–Kier alpha value is -2.93. The van der Waals surface area contributed by atoms with Gasteiger partial charge in [-0.15, -0.1) is 0 Å². The first-order valence-electron chi connectivity index (χ1n) is 6.92. The second-order valence-corrected chi connectivity index (χ2v) is 4.76. The lowest BCUT2D eigenvalue weighted by Gasteiger charge is -2.05. The summed E-state index contributed by atoms with van der Waals surface area (Å²) in [6.07, 6.45) is 0.195. The highest BCUT2D eigenvalue weighted by Crippen LogP contribution is 2.08. The number of hydrogen-bond donors (Lipinski definition) is 0. The van der Waals surface area contributed by atoms with Crippen molar-refractivity contribution < 1.29 is 14.3 Å². The van der Waals surface area contributed by atoms with Crippen LogP contribution in [0.4, 0.5) is 0 Å². The standard InChI is InChI=1S/C18H15NO3/c19-12-14-6-8-15(9-7-14)13-22-18(21)11-10-17(20)16-4-2-1-3-5-16/h1-9H,10-11,13H2. The minimum Gasteiger partial charge on any atom is -0.461 e. The van der Waals surface area contributed by atoms with Crippen molar-refractivity contribution in [1.82, 2.24) is 0 Å². The first kappa shape index (κ1) is 15.5. The van der Waals surface area contributed by atoms with E-state index in [0.29, 0.717) is 11.1 Å². The third-order valence-electron chi connectivity index (χ3n) is 3.13. The van der Waals surface area contributed by atoms with Gasteiger partial charge >= 0.3 is 5.97 Å². The number of ketones is 1. The van der Waals surface area contributed by atoms with Crippen LogP contribution in [-0.4, -0.2) is 11.8 Å². The van der Waals surface area contributed by atoms with Gasteiger partial charge in [0.05, 0.1) is 18.1 Å². The summed E-state index contributed by atoms with van der Waals surface area (Å²) in [5, 5.41) is 8.70. The third kappa shape index (κ3) is 4.57. The van der Waals surface area contributed by atoms with Crippen molar-refractivity contribution >= 4 is 11.8 Å². The molecule has 0 aliphatic heterocycles. The Morgan fingerprint density at radius 1 is 0.955 bits per heavy atom. The lowest BCUT2D eigenvalue weighted by molar-refractivity contribution is -0.144. The Balaban J connectivity index is 1.76. The zero-order chi connectivity index (χ0) is 15.8. The quantitative estimate of drug-likeness (QED) is 0.605. The van der Waals surface area contributed by atoms with E-state index < -0.39 is 5.97 Å². The summed E-state index contributed by atoms with van der Waals surface area (Å²) in [6, 6.07) is 17.7. The molecule has 0 unspecified atom stereocenters. The van der Waals surface area contributed by atoms with Gasteiger partial charge in [-0.2, -0.15) is 5.26 Å². The maximum atomic E-state index is 11.9. The van der Waals surface area contributed by atoms with Crippen LogP contribution in [0.3, 0.4) is 0 Å². The molecule has 0 fully saturated rings. The Kier molecular flexibility index (Phi) is 5.44. The summed E-state index contributed by atoms with van der Waals surface area (Å²) >= 11 is 0. The highest BCUT2D eigenvalue weighted by Gasteiger charge is 2.10. The fourth-order valence-electron chi connectivity index (χ4n) is 1.90. The van der Waals surface area contributed by atoms with Gasteiger partial charge in [-0.05, 0) is 17.7 Å². The smallest absolute Gasteiger partial charge is 0.306 e. The summed E-state index contributed by atoms with van der Waals surface area (Å²) in [5.41, 5.74) is 1.97. The number of nitrogens with zero attached hydrogens (tertiary/aromatic N) is 1. The fourth-order valence-corrected chi connectivity index (χ4v) is 1.90. The number of benzene rings is 2. The molecule has 2 rings (SSSR count). The van der Waals surface area contributed by atoms with E-state index in [1.165, 1.54) is 0 Å². The van der Waals surface area contributed by atoms with Crippen molar-refractivity contribution in [3.63, 3.8) is 0 Å². The number of rotatable bonds is 6. The largest absolute Gasteiger partial charge is 0.461 e. The molecule has 4 heteroatoms. The number of Topliss-reactive ketones (excluding diaryl/α,β-unsaturated/α-hetero) is 1. The van der Waals surface area contributed by atoms with Crippen LogP contribution in [0.2, 0.25) is 0 Å². The van der Waals surface area contributed by atoms with Crippen LogP contribution in [0.1, 0.15) is 34.3 Å². The van der Waals surface area contributed by atoms with Crippen molar-refractivity contribution in [1.29, 1.82) is 5.26 Å². The molecule has 0 saturated heterocycles. The van der Waals surface area contributed by atoms with Crippen LogP contribution >= 0.6 is 0 Å². The summed E-state index contributed by atoms with van der Waals surface area (Å²) in [5.74, 6) is -0.482. The number of ether oxygens (including phenoxy) is 1. The van der Waals surface area contributed by atoms with Crippen molar-refractivity contribution in [3.8, 4) is 6.07 Å². The Morgan fingerprint density at radius 2 is 1.64 bits per heavy atom. The van der Waals surface area contributed by atoms with E-state index in [1.54, 1.807) is 48.5 Å². The summed E-state index contributed by atoms with van der Waals surface area (Å²) in [4.78, 5) is 23.5. The molecule has 0 aliphatic rings. The monoisotopic (exact) mass is 293 g/mol. The second-order valence-electron chi connectivity index (χ2n) is 4.76. The number of carbonyl (C=O) groups excluding carboxylic acids is 2. The molecule has 22 heavy (non-hydrogen) atoms. The molecule has 0 amide bonds. The summed E-state index contributed by atoms with van der Waals surface area (Å²) in [6.45, 7) is 0.143. The van der Waals surface area contributed by atoms with E-state index in [4.69, 9.17) is 10.00 Å². The first-order valence-corrected chi connectivity index (χ1v) is 6.92. The Labute approximate surface area is 129 Å². The van der Waals surface area contributed by atoms with Crippen LogP contribution in [0.15, 0.2) is 54.6 Å². The fraction of sp³-hybridized carbons (Fsp3) is 0.167. The van der Waals surface area contributed by atoms with E-state index in [-0.39, 0.29) is 25.2 Å². The van der Waals surface area contributed by atoms with Crippen molar-refractivity contribution in [3.05, 3.63) is 71.3 Å². The van der Waals surface area contributed by atoms with Crippen LogP contribution < -0.4 is 0 Å². The summed E-state index contributed by atoms with van der Waals surface area (Å²) in [7, 11) is 0. The number of nitriles is 1. The SMILES string of the molecule is N#Cc1ccc(COC(=O)CCC(=O)c2ccccc2)cc1. The lowest BCUT2D eigenvalue weighted by atomic mass is 10.1. The molecule has 2 aromatic carbocycles. The average molecular weight is 293 g/mol. The van der Waals surface area contributed by atoms with Gasteiger partial charge in [0.2, 0.25) is 0 Å². The van der Waals surface area contributed by atoms with Crippen molar-refractivity contribution in [2.24, 2.45) is 0 Å². The van der Waals surface area contributed by atoms with E-state index in [1.807, 2.05) is 12.1 Å². The predicted molar refractivity (Wildman–Crippen MR) is 81.0 cm³/mol. The summed E-state index contributed by atoms with van der Waals surface area (Å²) < 4.78 is 5.11. The Morgan fingerprint density at radius 3 is 2.27 bits per heavy atom. The zero-order valence-electron chi connectivity index (χ0n) is 12.0. The van der Waals surface area contributed by atoms with Gasteiger partial charge in [-0.25, -0.2) is 0 Å². The van der Waals surface area contributed by atoms with Crippen LogP contribution in [0.5, 0.6) is 0 Å². The van der Waals surface area contributed by atoms with E-state index in [0.717, 1.165) is 5.56 Å². The minimum atomic E-state index is -0.409. The maximum Gasteiger partial charge on any atom is 0.306 e. The number of esters is 1. The highest BCUT2D eigenvalue weighted by atomic mass is 16.5. The molecule has 2 aromatic rings. The van der Waals surface area contributed by atoms with Gasteiger partial charge in [0.15, 0.2) is 5.78 Å². The zero-order valence-corrected chi connectivity index (χ0v) is 12.0. The van der Waals surface area contributed by atoms with E-state index in [2.05, 4.69) is 0 Å². The molecule has 0 atom stereocenters. The van der Waals surface area contributed by atoms with Gasteiger partial charge in [0.1, 0.15) is 6.61 Å². The van der Waals surface area contributed by atoms with Crippen molar-refractivity contribution in [2.45, 2.75) is 19.4 Å². The van der Waals surface area contributed by atoms with Gasteiger partial charge in [0.25, 0.3) is 0 Å². The van der Waals surface area contributed by atoms with Crippen LogP contribution in [0, 0.1) is 11.3 Å². The van der Waals surface area contributed by atoms with Crippen LogP contribution in [0.25, 0.3) is 0 Å². The van der Waals surface area contributed by atoms with E-state index in [9.17, 15) is 9.59 Å². The van der Waals surface area contributed by atoms with Crippen molar-refractivity contribution in [2.75, 3.05) is 0 Å². The van der Waals surface area contributed by atoms with Gasteiger partial charge < -0.3 is 4.74 Å². The maximum absolute atomic E-state index is 11.9. The molecule has 110 valence electrons.